The molecule has 0 heterocycles. The van der Waals surface area contributed by atoms with Crippen LogP contribution in [0.3, 0.4) is 0 Å². The van der Waals surface area contributed by atoms with E-state index in [-0.39, 0.29) is 16.7 Å². The van der Waals surface area contributed by atoms with Gasteiger partial charge in [-0.15, -0.1) is 0 Å². The van der Waals surface area contributed by atoms with Gasteiger partial charge >= 0.3 is 5.97 Å². The third-order valence-corrected chi connectivity index (χ3v) is 3.76. The minimum atomic E-state index is -0.697. The summed E-state index contributed by atoms with van der Waals surface area (Å²) >= 11 is 1.98. The molecule has 0 aromatic heterocycles. The Morgan fingerprint density at radius 2 is 1.71 bits per heavy atom. The smallest absolute Gasteiger partial charge is 0.337 e. The lowest BCUT2D eigenvalue weighted by molar-refractivity contribution is 0.0600. The largest absolute Gasteiger partial charge is 0.496 e. The number of carbonyl (C=O) groups excluding carboxylic acids is 1. The molecule has 2 aromatic carbocycles. The van der Waals surface area contributed by atoms with Crippen molar-refractivity contribution in [3.05, 3.63) is 51.1 Å². The minimum Gasteiger partial charge on any atom is -0.496 e. The Morgan fingerprint density at radius 3 is 2.29 bits per heavy atom. The second-order valence-electron chi connectivity index (χ2n) is 4.15. The van der Waals surface area contributed by atoms with Gasteiger partial charge < -0.3 is 9.47 Å². The Morgan fingerprint density at radius 1 is 1.05 bits per heavy atom. The normalized spacial score (nSPS) is 10.3. The van der Waals surface area contributed by atoms with E-state index in [0.29, 0.717) is 9.32 Å². The Kier molecular flexibility index (Phi) is 4.76. The van der Waals surface area contributed by atoms with Crippen LogP contribution in [0.15, 0.2) is 30.3 Å². The first-order valence-corrected chi connectivity index (χ1v) is 6.97. The quantitative estimate of drug-likeness (QED) is 0.573. The second kappa shape index (κ2) is 6.38. The van der Waals surface area contributed by atoms with Gasteiger partial charge in [0, 0.05) is 17.2 Å². The lowest BCUT2D eigenvalue weighted by atomic mass is 10.0. The maximum absolute atomic E-state index is 14.1. The van der Waals surface area contributed by atoms with Crippen molar-refractivity contribution in [1.29, 1.82) is 0 Å². The van der Waals surface area contributed by atoms with Crippen molar-refractivity contribution in [1.82, 2.24) is 0 Å². The molecular formula is C15H11F2IO3. The highest BCUT2D eigenvalue weighted by Crippen LogP contribution is 2.32. The van der Waals surface area contributed by atoms with E-state index in [2.05, 4.69) is 4.74 Å². The minimum absolute atomic E-state index is 0.0701. The van der Waals surface area contributed by atoms with Crippen molar-refractivity contribution in [3.63, 3.8) is 0 Å². The fourth-order valence-corrected chi connectivity index (χ4v) is 2.56. The van der Waals surface area contributed by atoms with E-state index in [9.17, 15) is 13.6 Å². The predicted molar refractivity (Wildman–Crippen MR) is 82.4 cm³/mol. The summed E-state index contributed by atoms with van der Waals surface area (Å²) in [5.74, 6) is -1.57. The van der Waals surface area contributed by atoms with E-state index in [0.717, 1.165) is 6.07 Å². The van der Waals surface area contributed by atoms with Gasteiger partial charge in [0.25, 0.3) is 0 Å². The van der Waals surface area contributed by atoms with Crippen molar-refractivity contribution >= 4 is 28.6 Å². The van der Waals surface area contributed by atoms with Crippen LogP contribution in [0.2, 0.25) is 0 Å². The number of esters is 1. The van der Waals surface area contributed by atoms with Crippen LogP contribution in [0.5, 0.6) is 5.75 Å². The first-order chi connectivity index (χ1) is 9.97. The highest BCUT2D eigenvalue weighted by atomic mass is 127. The molecule has 110 valence electrons. The number of ether oxygens (including phenoxy) is 2. The van der Waals surface area contributed by atoms with E-state index in [4.69, 9.17) is 4.74 Å². The fourth-order valence-electron chi connectivity index (χ4n) is 1.87. The molecule has 21 heavy (non-hydrogen) atoms. The van der Waals surface area contributed by atoms with E-state index < -0.39 is 17.6 Å². The van der Waals surface area contributed by atoms with Crippen LogP contribution in [-0.4, -0.2) is 20.2 Å². The molecule has 2 aromatic rings. The third-order valence-electron chi connectivity index (χ3n) is 2.92. The second-order valence-corrected chi connectivity index (χ2v) is 5.31. The molecule has 0 unspecified atom stereocenters. The molecule has 0 bridgehead atoms. The lowest BCUT2D eigenvalue weighted by Crippen LogP contribution is -2.02. The highest BCUT2D eigenvalue weighted by Gasteiger charge is 2.16. The van der Waals surface area contributed by atoms with Crippen molar-refractivity contribution in [2.45, 2.75) is 0 Å². The Bertz CT molecular complexity index is 702. The standard InChI is InChI=1S/C15H11F2IO3/c1-20-14-7-12(17)10(6-13(14)18)9-4-3-8(5-11(9)16)15(19)21-2/h3-7H,1-2H3. The SMILES string of the molecule is COC(=O)c1ccc(-c2cc(I)c(OC)cc2F)c(F)c1. The Labute approximate surface area is 134 Å². The van der Waals surface area contributed by atoms with Crippen LogP contribution in [0, 0.1) is 15.2 Å². The number of carbonyl (C=O) groups is 1. The van der Waals surface area contributed by atoms with Crippen molar-refractivity contribution < 1.29 is 23.0 Å². The van der Waals surface area contributed by atoms with Gasteiger partial charge in [-0.1, -0.05) is 6.07 Å². The number of benzene rings is 2. The van der Waals surface area contributed by atoms with Crippen LogP contribution < -0.4 is 4.74 Å². The van der Waals surface area contributed by atoms with Gasteiger partial charge in [0.2, 0.25) is 0 Å². The molecule has 0 spiro atoms. The summed E-state index contributed by atoms with van der Waals surface area (Å²) < 4.78 is 38.4. The summed E-state index contributed by atoms with van der Waals surface area (Å²) in [5.41, 5.74) is 0.247. The first-order valence-electron chi connectivity index (χ1n) is 5.89. The molecule has 0 saturated heterocycles. The number of hydrogen-bond acceptors (Lipinski definition) is 3. The van der Waals surface area contributed by atoms with Crippen LogP contribution in [-0.2, 0) is 4.74 Å². The molecule has 0 aliphatic carbocycles. The van der Waals surface area contributed by atoms with Crippen molar-refractivity contribution in [2.24, 2.45) is 0 Å². The van der Waals surface area contributed by atoms with Crippen LogP contribution >= 0.6 is 22.6 Å². The summed E-state index contributed by atoms with van der Waals surface area (Å²) in [4.78, 5) is 11.3. The molecule has 0 N–H and O–H groups in total. The summed E-state index contributed by atoms with van der Waals surface area (Å²) in [6.45, 7) is 0. The summed E-state index contributed by atoms with van der Waals surface area (Å²) in [7, 11) is 2.64. The zero-order chi connectivity index (χ0) is 15.6. The number of methoxy groups -OCH3 is 2. The summed E-state index contributed by atoms with van der Waals surface area (Å²) in [6, 6.07) is 6.46. The highest BCUT2D eigenvalue weighted by molar-refractivity contribution is 14.1. The molecule has 6 heteroatoms. The van der Waals surface area contributed by atoms with Crippen LogP contribution in [0.25, 0.3) is 11.1 Å². The molecule has 0 radical (unpaired) electrons. The molecule has 0 atom stereocenters. The number of halogens is 3. The van der Waals surface area contributed by atoms with Gasteiger partial charge in [-0.2, -0.15) is 0 Å². The summed E-state index contributed by atoms with van der Waals surface area (Å²) in [6.07, 6.45) is 0. The Balaban J connectivity index is 2.52. The molecule has 0 saturated carbocycles. The Hall–Kier alpha value is -1.70. The molecule has 0 amide bonds. The van der Waals surface area contributed by atoms with Gasteiger partial charge in [-0.3, -0.25) is 0 Å². The maximum Gasteiger partial charge on any atom is 0.337 e. The lowest BCUT2D eigenvalue weighted by Gasteiger charge is -2.10. The number of rotatable bonds is 3. The molecular weight excluding hydrogens is 393 g/mol. The maximum atomic E-state index is 14.1. The average molecular weight is 404 g/mol. The zero-order valence-corrected chi connectivity index (χ0v) is 13.4. The van der Waals surface area contributed by atoms with Gasteiger partial charge in [0.15, 0.2) is 0 Å². The topological polar surface area (TPSA) is 35.5 Å². The molecule has 3 nitrogen and oxygen atoms in total. The summed E-state index contributed by atoms with van der Waals surface area (Å²) in [5, 5.41) is 0. The molecule has 0 fully saturated rings. The van der Waals surface area contributed by atoms with E-state index in [1.165, 1.54) is 38.5 Å². The molecule has 0 aliphatic rings. The van der Waals surface area contributed by atoms with E-state index in [1.807, 2.05) is 22.6 Å². The van der Waals surface area contributed by atoms with E-state index in [1.54, 1.807) is 0 Å². The molecule has 2 rings (SSSR count). The molecule has 0 aliphatic heterocycles. The van der Waals surface area contributed by atoms with Crippen molar-refractivity contribution in [3.8, 4) is 16.9 Å². The predicted octanol–water partition coefficient (Wildman–Crippen LogP) is 4.03. The van der Waals surface area contributed by atoms with Crippen LogP contribution in [0.1, 0.15) is 10.4 Å². The van der Waals surface area contributed by atoms with Gasteiger partial charge in [0.05, 0.1) is 23.4 Å². The average Bonchev–Trinajstić information content (AvgIpc) is 2.48. The van der Waals surface area contributed by atoms with Crippen molar-refractivity contribution in [2.75, 3.05) is 14.2 Å². The third kappa shape index (κ3) is 3.15. The van der Waals surface area contributed by atoms with Gasteiger partial charge in [-0.25, -0.2) is 13.6 Å². The fraction of sp³-hybridized carbons (Fsp3) is 0.133. The zero-order valence-electron chi connectivity index (χ0n) is 11.2. The monoisotopic (exact) mass is 404 g/mol. The van der Waals surface area contributed by atoms with E-state index >= 15 is 0 Å². The number of hydrogen-bond donors (Lipinski definition) is 0. The first kappa shape index (κ1) is 15.7. The van der Waals surface area contributed by atoms with Gasteiger partial charge in [0.1, 0.15) is 17.4 Å². The van der Waals surface area contributed by atoms with Gasteiger partial charge in [-0.05, 0) is 40.8 Å². The van der Waals surface area contributed by atoms with Crippen LogP contribution in [0.4, 0.5) is 8.78 Å².